The molecule has 1 aliphatic carbocycles. The maximum atomic E-state index is 10.9. The molecule has 62 valence electrons. The molecule has 0 radical (unpaired) electrons. The van der Waals surface area contributed by atoms with Gasteiger partial charge in [0.05, 0.1) is 0 Å². The van der Waals surface area contributed by atoms with Crippen LogP contribution in [0.3, 0.4) is 0 Å². The van der Waals surface area contributed by atoms with E-state index in [1.807, 2.05) is 0 Å². The van der Waals surface area contributed by atoms with Crippen LogP contribution >= 0.6 is 0 Å². The minimum absolute atomic E-state index is 0.0667. The Balaban J connectivity index is 2.86. The molecule has 0 heterocycles. The van der Waals surface area contributed by atoms with Gasteiger partial charge in [-0.2, -0.15) is 0 Å². The highest BCUT2D eigenvalue weighted by Crippen LogP contribution is 2.16. The van der Waals surface area contributed by atoms with E-state index in [9.17, 15) is 9.59 Å². The van der Waals surface area contributed by atoms with Crippen molar-refractivity contribution in [3.63, 3.8) is 0 Å². The summed E-state index contributed by atoms with van der Waals surface area (Å²) in [6.07, 6.45) is 2.48. The van der Waals surface area contributed by atoms with Crippen LogP contribution in [0.25, 0.3) is 0 Å². The smallest absolute Gasteiger partial charge is 0.207 e. The first-order valence-corrected chi connectivity index (χ1v) is 3.31. The van der Waals surface area contributed by atoms with Gasteiger partial charge in [-0.3, -0.25) is 9.59 Å². The van der Waals surface area contributed by atoms with Crippen LogP contribution in [0.15, 0.2) is 29.5 Å². The summed E-state index contributed by atoms with van der Waals surface area (Å²) in [7, 11) is 0. The zero-order valence-electron chi connectivity index (χ0n) is 6.28. The third-order valence-electron chi connectivity index (χ3n) is 1.52. The molecule has 0 saturated carbocycles. The zero-order valence-corrected chi connectivity index (χ0v) is 6.28. The van der Waals surface area contributed by atoms with E-state index < -0.39 is 5.78 Å². The molecule has 0 aliphatic heterocycles. The molecule has 12 heavy (non-hydrogen) atoms. The molecule has 0 aromatic carbocycles. The lowest BCUT2D eigenvalue weighted by molar-refractivity contribution is -0.115. The molecule has 0 fully saturated rings. The molecule has 0 saturated heterocycles. The first kappa shape index (κ1) is 8.39. The number of carbonyl (C=O) groups is 2. The summed E-state index contributed by atoms with van der Waals surface area (Å²) in [5.41, 5.74) is 0.372. The van der Waals surface area contributed by atoms with Gasteiger partial charge >= 0.3 is 0 Å². The maximum Gasteiger partial charge on any atom is 0.207 e. The van der Waals surface area contributed by atoms with E-state index in [4.69, 9.17) is 5.21 Å². The normalized spacial score (nSPS) is 16.5. The Bertz CT molecular complexity index is 312. The lowest BCUT2D eigenvalue weighted by atomic mass is 9.91. The Morgan fingerprint density at radius 1 is 1.75 bits per heavy atom. The summed E-state index contributed by atoms with van der Waals surface area (Å²) in [5, 5.41) is 11.2. The van der Waals surface area contributed by atoms with Crippen LogP contribution in [0.2, 0.25) is 0 Å². The largest absolute Gasteiger partial charge is 0.410 e. The average Bonchev–Trinajstić information content (AvgIpc) is 2.02. The topological polar surface area (TPSA) is 66.7 Å². The monoisotopic (exact) mass is 165 g/mol. The van der Waals surface area contributed by atoms with Crippen LogP contribution in [0.5, 0.6) is 0 Å². The Labute approximate surface area is 68.9 Å². The molecule has 0 bridgehead atoms. The molecule has 0 amide bonds. The van der Waals surface area contributed by atoms with Gasteiger partial charge in [-0.25, -0.2) is 0 Å². The number of hydrogen-bond acceptors (Lipinski definition) is 4. The Morgan fingerprint density at radius 3 is 2.67 bits per heavy atom. The van der Waals surface area contributed by atoms with Crippen LogP contribution in [-0.4, -0.2) is 22.5 Å². The Kier molecular flexibility index (Phi) is 2.19. The number of ketones is 2. The first-order chi connectivity index (χ1) is 5.69. The Morgan fingerprint density at radius 2 is 2.33 bits per heavy atom. The van der Waals surface area contributed by atoms with Crippen molar-refractivity contribution in [3.05, 3.63) is 24.3 Å². The highest BCUT2D eigenvalue weighted by atomic mass is 16.4. The second-order valence-electron chi connectivity index (χ2n) is 2.33. The highest BCUT2D eigenvalue weighted by Gasteiger charge is 2.23. The van der Waals surface area contributed by atoms with Crippen molar-refractivity contribution >= 4 is 17.3 Å². The predicted molar refractivity (Wildman–Crippen MR) is 42.1 cm³/mol. The number of allylic oxidation sites excluding steroid dienone is 3. The molecule has 0 unspecified atom stereocenters. The molecule has 4 nitrogen and oxygen atoms in total. The second-order valence-corrected chi connectivity index (χ2v) is 2.33. The number of carbonyl (C=O) groups excluding carboxylic acids is 2. The molecule has 0 aromatic heterocycles. The fourth-order valence-corrected chi connectivity index (χ4v) is 0.874. The van der Waals surface area contributed by atoms with E-state index in [1.165, 1.54) is 6.08 Å². The van der Waals surface area contributed by atoms with Crippen molar-refractivity contribution < 1.29 is 14.8 Å². The molecule has 1 rings (SSSR count). The Hall–Kier alpha value is -1.71. The van der Waals surface area contributed by atoms with Crippen molar-refractivity contribution in [3.8, 4) is 0 Å². The van der Waals surface area contributed by atoms with Crippen LogP contribution in [0.1, 0.15) is 6.42 Å². The fourth-order valence-electron chi connectivity index (χ4n) is 0.874. The SMILES string of the molecule is C=CC(=O)C(=NO)C1=CC(=O)C1. The van der Waals surface area contributed by atoms with Crippen molar-refractivity contribution in [2.45, 2.75) is 6.42 Å². The summed E-state index contributed by atoms with van der Waals surface area (Å²) < 4.78 is 0. The van der Waals surface area contributed by atoms with Crippen molar-refractivity contribution in [2.75, 3.05) is 0 Å². The first-order valence-electron chi connectivity index (χ1n) is 3.31. The molecule has 1 aliphatic rings. The molecular weight excluding hydrogens is 158 g/mol. The van der Waals surface area contributed by atoms with E-state index in [-0.39, 0.29) is 17.9 Å². The van der Waals surface area contributed by atoms with Crippen molar-refractivity contribution in [1.29, 1.82) is 0 Å². The van der Waals surface area contributed by atoms with Gasteiger partial charge in [0, 0.05) is 6.42 Å². The van der Waals surface area contributed by atoms with Gasteiger partial charge in [-0.15, -0.1) is 0 Å². The number of oxime groups is 1. The predicted octanol–water partition coefficient (Wildman–Crippen LogP) is 0.471. The highest BCUT2D eigenvalue weighted by molar-refractivity contribution is 6.51. The van der Waals surface area contributed by atoms with Crippen molar-refractivity contribution in [2.24, 2.45) is 5.16 Å². The zero-order chi connectivity index (χ0) is 9.14. The van der Waals surface area contributed by atoms with Crippen LogP contribution < -0.4 is 0 Å². The number of hydrogen-bond donors (Lipinski definition) is 1. The fraction of sp³-hybridized carbons (Fsp3) is 0.125. The van der Waals surface area contributed by atoms with Gasteiger partial charge in [0.15, 0.2) is 11.5 Å². The maximum absolute atomic E-state index is 10.9. The molecule has 0 aromatic rings. The molecule has 0 atom stereocenters. The van der Waals surface area contributed by atoms with E-state index in [0.29, 0.717) is 5.57 Å². The van der Waals surface area contributed by atoms with Crippen LogP contribution in [-0.2, 0) is 9.59 Å². The van der Waals surface area contributed by atoms with E-state index >= 15 is 0 Å². The number of rotatable bonds is 3. The summed E-state index contributed by atoms with van der Waals surface area (Å²) in [5.74, 6) is -0.542. The lowest BCUT2D eigenvalue weighted by Crippen LogP contribution is -2.22. The molecule has 1 N–H and O–H groups in total. The lowest BCUT2D eigenvalue weighted by Gasteiger charge is -2.11. The van der Waals surface area contributed by atoms with Gasteiger partial charge in [0.25, 0.3) is 0 Å². The summed E-state index contributed by atoms with van der Waals surface area (Å²) in [4.78, 5) is 21.4. The standard InChI is InChI=1S/C8H7NO3/c1-2-7(11)8(9-12)5-3-6(10)4-5/h2-3,12H,1,4H2. The summed E-state index contributed by atoms with van der Waals surface area (Å²) in [6.45, 7) is 3.24. The third kappa shape index (κ3) is 1.32. The van der Waals surface area contributed by atoms with Gasteiger partial charge in [0.1, 0.15) is 0 Å². The number of nitrogens with zero attached hydrogens (tertiary/aromatic N) is 1. The molecule has 0 spiro atoms. The second kappa shape index (κ2) is 3.13. The van der Waals surface area contributed by atoms with Crippen LogP contribution in [0.4, 0.5) is 0 Å². The van der Waals surface area contributed by atoms with Gasteiger partial charge in [-0.1, -0.05) is 11.7 Å². The average molecular weight is 165 g/mol. The quantitative estimate of drug-likeness (QED) is 0.286. The third-order valence-corrected chi connectivity index (χ3v) is 1.52. The van der Waals surface area contributed by atoms with Crippen LogP contribution in [0, 0.1) is 0 Å². The minimum Gasteiger partial charge on any atom is -0.410 e. The molecule has 4 heteroatoms. The molecular formula is C8H7NO3. The van der Waals surface area contributed by atoms with Gasteiger partial charge < -0.3 is 5.21 Å². The van der Waals surface area contributed by atoms with Crippen molar-refractivity contribution in [1.82, 2.24) is 0 Å². The summed E-state index contributed by atoms with van der Waals surface area (Å²) >= 11 is 0. The van der Waals surface area contributed by atoms with Gasteiger partial charge in [0.2, 0.25) is 5.78 Å². The van der Waals surface area contributed by atoms with E-state index in [2.05, 4.69) is 11.7 Å². The summed E-state index contributed by atoms with van der Waals surface area (Å²) in [6, 6.07) is 0. The van der Waals surface area contributed by atoms with E-state index in [1.54, 1.807) is 0 Å². The van der Waals surface area contributed by atoms with E-state index in [0.717, 1.165) is 6.08 Å². The van der Waals surface area contributed by atoms with Gasteiger partial charge in [-0.05, 0) is 17.7 Å². The minimum atomic E-state index is -0.476.